The Hall–Kier alpha value is 0.610. The molecule has 0 spiro atoms. The van der Waals surface area contributed by atoms with Crippen LogP contribution >= 0.6 is 22.6 Å². The molecule has 1 unspecified atom stereocenters. The van der Waals surface area contributed by atoms with Crippen molar-refractivity contribution in [2.45, 2.75) is 61.8 Å². The predicted molar refractivity (Wildman–Crippen MR) is 61.4 cm³/mol. The molecule has 0 aromatic heterocycles. The van der Waals surface area contributed by atoms with Crippen molar-refractivity contribution in [1.29, 1.82) is 0 Å². The average Bonchev–Trinajstić information content (AvgIpc) is 2.42. The lowest BCUT2D eigenvalue weighted by Crippen LogP contribution is -2.41. The molecule has 0 bridgehead atoms. The first-order valence-electron chi connectivity index (χ1n) is 5.06. The van der Waals surface area contributed by atoms with Crippen LogP contribution in [0.3, 0.4) is 0 Å². The van der Waals surface area contributed by atoms with Gasteiger partial charge in [-0.05, 0) is 27.2 Å². The molecule has 0 aliphatic carbocycles. The lowest BCUT2D eigenvalue weighted by Gasteiger charge is -2.27. The molecule has 0 N–H and O–H groups in total. The summed E-state index contributed by atoms with van der Waals surface area (Å²) in [5.74, 6) is -0.512. The Morgan fingerprint density at radius 2 is 1.93 bits per heavy atom. The first-order valence-corrected chi connectivity index (χ1v) is 6.31. The highest BCUT2D eigenvalue weighted by Crippen LogP contribution is 2.48. The van der Waals surface area contributed by atoms with E-state index in [-0.39, 0.29) is 18.0 Å². The van der Waals surface area contributed by atoms with Crippen LogP contribution in [-0.4, -0.2) is 27.7 Å². The Morgan fingerprint density at radius 1 is 1.29 bits per heavy atom. The number of hydrogen-bond donors (Lipinski definition) is 0. The molecule has 0 saturated carbocycles. The molecule has 2 saturated heterocycles. The van der Waals surface area contributed by atoms with Crippen molar-refractivity contribution in [3.63, 3.8) is 0 Å². The molecule has 0 aromatic rings. The maximum Gasteiger partial charge on any atom is 0.191 e. The van der Waals surface area contributed by atoms with Crippen LogP contribution in [0.2, 0.25) is 0 Å². The van der Waals surface area contributed by atoms with Gasteiger partial charge < -0.3 is 14.2 Å². The summed E-state index contributed by atoms with van der Waals surface area (Å²) in [7, 11) is 0. The Balaban J connectivity index is 2.21. The quantitative estimate of drug-likeness (QED) is 0.550. The third-order valence-corrected chi connectivity index (χ3v) is 4.94. The van der Waals surface area contributed by atoms with Gasteiger partial charge in [-0.1, -0.05) is 29.5 Å². The van der Waals surface area contributed by atoms with Crippen molar-refractivity contribution in [2.75, 3.05) is 0 Å². The maximum atomic E-state index is 5.95. The minimum absolute atomic E-state index is 0.204. The molecule has 2 aliphatic heterocycles. The van der Waals surface area contributed by atoms with E-state index in [9.17, 15) is 0 Å². The molecule has 82 valence electrons. The van der Waals surface area contributed by atoms with Gasteiger partial charge in [0, 0.05) is 0 Å². The van der Waals surface area contributed by atoms with Crippen LogP contribution in [0.1, 0.15) is 34.1 Å². The monoisotopic (exact) mass is 312 g/mol. The van der Waals surface area contributed by atoms with E-state index >= 15 is 0 Å². The highest BCUT2D eigenvalue weighted by molar-refractivity contribution is 14.1. The molecule has 2 aliphatic rings. The second kappa shape index (κ2) is 3.30. The van der Waals surface area contributed by atoms with Crippen LogP contribution in [0, 0.1) is 0 Å². The third kappa shape index (κ3) is 1.50. The molecule has 2 heterocycles. The normalized spacial score (nSPS) is 50.8. The van der Waals surface area contributed by atoms with E-state index in [0.29, 0.717) is 3.92 Å². The predicted octanol–water partition coefficient (Wildman–Crippen LogP) is 2.47. The van der Waals surface area contributed by atoms with Gasteiger partial charge in [-0.2, -0.15) is 0 Å². The Kier molecular flexibility index (Phi) is 2.62. The van der Waals surface area contributed by atoms with Gasteiger partial charge in [-0.15, -0.1) is 0 Å². The van der Waals surface area contributed by atoms with E-state index < -0.39 is 5.79 Å². The average molecular weight is 312 g/mol. The summed E-state index contributed by atoms with van der Waals surface area (Å²) in [5, 5.41) is 0. The fourth-order valence-electron chi connectivity index (χ4n) is 2.23. The minimum atomic E-state index is -0.512. The van der Waals surface area contributed by atoms with E-state index in [2.05, 4.69) is 36.4 Å². The number of halogens is 1. The lowest BCUT2D eigenvalue weighted by molar-refractivity contribution is -0.205. The molecule has 0 radical (unpaired) electrons. The van der Waals surface area contributed by atoms with Gasteiger partial charge in [0.1, 0.15) is 5.60 Å². The van der Waals surface area contributed by atoms with Crippen molar-refractivity contribution in [3.8, 4) is 0 Å². The topological polar surface area (TPSA) is 27.7 Å². The van der Waals surface area contributed by atoms with Gasteiger partial charge in [0.2, 0.25) is 0 Å². The van der Waals surface area contributed by atoms with Crippen LogP contribution < -0.4 is 0 Å². The van der Waals surface area contributed by atoms with Crippen LogP contribution in [-0.2, 0) is 14.2 Å². The number of alkyl halides is 1. The number of rotatable bonds is 1. The fraction of sp³-hybridized carbons (Fsp3) is 1.00. The SMILES string of the molecule is CC[C@H]1OC2OC(C)(C)O[C@]2(C)[C@H]1I. The summed E-state index contributed by atoms with van der Waals surface area (Å²) >= 11 is 2.41. The van der Waals surface area contributed by atoms with Crippen molar-refractivity contribution in [2.24, 2.45) is 0 Å². The smallest absolute Gasteiger partial charge is 0.191 e. The minimum Gasteiger partial charge on any atom is -0.345 e. The Morgan fingerprint density at radius 3 is 2.43 bits per heavy atom. The molecule has 2 rings (SSSR count). The summed E-state index contributed by atoms with van der Waals surface area (Å²) in [4.78, 5) is 0. The summed E-state index contributed by atoms with van der Waals surface area (Å²) in [6.07, 6.45) is 1.05. The molecule has 14 heavy (non-hydrogen) atoms. The summed E-state index contributed by atoms with van der Waals surface area (Å²) < 4.78 is 17.9. The van der Waals surface area contributed by atoms with Crippen LogP contribution in [0.5, 0.6) is 0 Å². The molecule has 3 nitrogen and oxygen atoms in total. The third-order valence-electron chi connectivity index (χ3n) is 2.90. The molecule has 4 atom stereocenters. The summed E-state index contributed by atoms with van der Waals surface area (Å²) in [6, 6.07) is 0. The molecule has 2 fully saturated rings. The molecular formula is C10H17IO3. The van der Waals surface area contributed by atoms with E-state index in [1.54, 1.807) is 0 Å². The standard InChI is InChI=1S/C10H17IO3/c1-5-6-7(11)10(4)8(12-6)13-9(2,3)14-10/h6-8H,5H2,1-4H3/t6-,7+,8?,10-/m1/s1. The molecule has 4 heteroatoms. The van der Waals surface area contributed by atoms with E-state index in [4.69, 9.17) is 14.2 Å². The fourth-order valence-corrected chi connectivity index (χ4v) is 3.32. The van der Waals surface area contributed by atoms with Gasteiger partial charge >= 0.3 is 0 Å². The first-order chi connectivity index (χ1) is 6.39. The van der Waals surface area contributed by atoms with Gasteiger partial charge in [-0.3, -0.25) is 0 Å². The van der Waals surface area contributed by atoms with E-state index in [0.717, 1.165) is 6.42 Å². The van der Waals surface area contributed by atoms with Crippen molar-refractivity contribution < 1.29 is 14.2 Å². The molecule has 0 amide bonds. The van der Waals surface area contributed by atoms with Crippen LogP contribution in [0.4, 0.5) is 0 Å². The highest BCUT2D eigenvalue weighted by Gasteiger charge is 2.61. The van der Waals surface area contributed by atoms with Crippen LogP contribution in [0.15, 0.2) is 0 Å². The van der Waals surface area contributed by atoms with Gasteiger partial charge in [0.15, 0.2) is 12.1 Å². The molecule has 0 aromatic carbocycles. The Bertz CT molecular complexity index is 244. The maximum absolute atomic E-state index is 5.95. The number of ether oxygens (including phenoxy) is 3. The van der Waals surface area contributed by atoms with E-state index in [1.807, 2.05) is 13.8 Å². The van der Waals surface area contributed by atoms with Crippen LogP contribution in [0.25, 0.3) is 0 Å². The number of fused-ring (bicyclic) bond motifs is 1. The van der Waals surface area contributed by atoms with Crippen molar-refractivity contribution >= 4 is 22.6 Å². The zero-order valence-corrected chi connectivity index (χ0v) is 11.2. The van der Waals surface area contributed by atoms with Crippen molar-refractivity contribution in [1.82, 2.24) is 0 Å². The summed E-state index contributed by atoms with van der Waals surface area (Å²) in [6.45, 7) is 8.08. The number of hydrogen-bond acceptors (Lipinski definition) is 3. The zero-order valence-electron chi connectivity index (χ0n) is 9.04. The van der Waals surface area contributed by atoms with Gasteiger partial charge in [0.05, 0.1) is 10.0 Å². The van der Waals surface area contributed by atoms with Gasteiger partial charge in [-0.25, -0.2) is 0 Å². The largest absolute Gasteiger partial charge is 0.345 e. The Labute approximate surface area is 98.6 Å². The lowest BCUT2D eigenvalue weighted by atomic mass is 10.0. The molecular weight excluding hydrogens is 295 g/mol. The second-order valence-electron chi connectivity index (χ2n) is 4.62. The van der Waals surface area contributed by atoms with Crippen molar-refractivity contribution in [3.05, 3.63) is 0 Å². The van der Waals surface area contributed by atoms with E-state index in [1.165, 1.54) is 0 Å². The summed E-state index contributed by atoms with van der Waals surface area (Å²) in [5.41, 5.74) is -0.287. The van der Waals surface area contributed by atoms with Gasteiger partial charge in [0.25, 0.3) is 0 Å². The first kappa shape index (κ1) is 11.1. The highest BCUT2D eigenvalue weighted by atomic mass is 127. The zero-order chi connectivity index (χ0) is 10.6. The second-order valence-corrected chi connectivity index (χ2v) is 5.96.